The Hall–Kier alpha value is -0.160. The molecule has 0 saturated carbocycles. The Morgan fingerprint density at radius 1 is 1.18 bits per heavy atom. The quantitative estimate of drug-likeness (QED) is 0.806. The number of nitrogens with one attached hydrogen (secondary N) is 1. The van der Waals surface area contributed by atoms with Crippen molar-refractivity contribution in [2.24, 2.45) is 0 Å². The number of halogens is 2. The summed E-state index contributed by atoms with van der Waals surface area (Å²) in [6.45, 7) is 2.10. The van der Waals surface area contributed by atoms with Gasteiger partial charge in [-0.15, -0.1) is 0 Å². The predicted octanol–water partition coefficient (Wildman–Crippen LogP) is 4.89. The molecule has 0 radical (unpaired) electrons. The van der Waals surface area contributed by atoms with Crippen LogP contribution in [0.2, 0.25) is 0 Å². The molecule has 2 rings (SSSR count). The highest BCUT2D eigenvalue weighted by atomic mass is 79.9. The third-order valence-corrected chi connectivity index (χ3v) is 5.38. The van der Waals surface area contributed by atoms with Crippen LogP contribution in [0.1, 0.15) is 22.7 Å². The molecule has 1 N–H and O–H groups in total. The maximum absolute atomic E-state index is 3.60. The molecule has 1 aromatic carbocycles. The van der Waals surface area contributed by atoms with Gasteiger partial charge in [0.1, 0.15) is 0 Å². The highest BCUT2D eigenvalue weighted by molar-refractivity contribution is 9.10. The number of benzene rings is 1. The van der Waals surface area contributed by atoms with E-state index in [2.05, 4.69) is 73.1 Å². The Morgan fingerprint density at radius 2 is 1.94 bits per heavy atom. The zero-order valence-corrected chi connectivity index (χ0v) is 13.6. The summed E-state index contributed by atoms with van der Waals surface area (Å²) in [5, 5.41) is 7.66. The molecule has 0 aliphatic carbocycles. The van der Waals surface area contributed by atoms with Crippen molar-refractivity contribution in [3.05, 3.63) is 54.6 Å². The first-order chi connectivity index (χ1) is 8.13. The first-order valence-electron chi connectivity index (χ1n) is 5.28. The van der Waals surface area contributed by atoms with Crippen molar-refractivity contribution in [3.63, 3.8) is 0 Å². The molecule has 0 amide bonds. The number of hydrogen-bond acceptors (Lipinski definition) is 2. The predicted molar refractivity (Wildman–Crippen MR) is 81.8 cm³/mol. The maximum atomic E-state index is 3.60. The van der Waals surface area contributed by atoms with Gasteiger partial charge in [-0.05, 0) is 58.0 Å². The molecule has 0 spiro atoms. The smallest absolute Gasteiger partial charge is 0.0594 e. The molecule has 0 fully saturated rings. The molecule has 0 saturated heterocycles. The number of hydrogen-bond donors (Lipinski definition) is 1. The topological polar surface area (TPSA) is 12.0 Å². The van der Waals surface area contributed by atoms with Crippen LogP contribution in [-0.2, 0) is 0 Å². The van der Waals surface area contributed by atoms with Crippen LogP contribution in [0.4, 0.5) is 0 Å². The standard InChI is InChI=1S/C13H13Br2NS/c1-8-3-4-9(5-11(8)14)13(16-2)10-6-17-7-12(10)15/h3-7,13,16H,1-2H3. The van der Waals surface area contributed by atoms with Crippen molar-refractivity contribution >= 4 is 43.2 Å². The minimum absolute atomic E-state index is 0.229. The summed E-state index contributed by atoms with van der Waals surface area (Å²) in [6.07, 6.45) is 0. The first kappa shape index (κ1) is 13.3. The normalized spacial score (nSPS) is 12.7. The van der Waals surface area contributed by atoms with Crippen molar-refractivity contribution in [2.45, 2.75) is 13.0 Å². The average Bonchev–Trinajstić information content (AvgIpc) is 2.71. The molecular formula is C13H13Br2NS. The van der Waals surface area contributed by atoms with Crippen LogP contribution in [0.15, 0.2) is 37.9 Å². The number of thiophene rings is 1. The molecule has 1 aromatic heterocycles. The molecule has 17 heavy (non-hydrogen) atoms. The Labute approximate surface area is 123 Å². The van der Waals surface area contributed by atoms with Crippen molar-refractivity contribution in [1.82, 2.24) is 5.32 Å². The van der Waals surface area contributed by atoms with Crippen molar-refractivity contribution in [1.29, 1.82) is 0 Å². The molecule has 90 valence electrons. The van der Waals surface area contributed by atoms with Gasteiger partial charge in [0.2, 0.25) is 0 Å². The largest absolute Gasteiger partial charge is 0.309 e. The Kier molecular flexibility index (Phi) is 4.42. The Bertz CT molecular complexity index is 522. The fourth-order valence-electron chi connectivity index (χ4n) is 1.79. The SMILES string of the molecule is CNC(c1ccc(C)c(Br)c1)c1cscc1Br. The van der Waals surface area contributed by atoms with E-state index in [4.69, 9.17) is 0 Å². The van der Waals surface area contributed by atoms with Crippen LogP contribution in [0.25, 0.3) is 0 Å². The van der Waals surface area contributed by atoms with E-state index in [-0.39, 0.29) is 6.04 Å². The van der Waals surface area contributed by atoms with Gasteiger partial charge in [-0.3, -0.25) is 0 Å². The molecule has 1 unspecified atom stereocenters. The minimum atomic E-state index is 0.229. The Balaban J connectivity index is 2.42. The molecule has 1 nitrogen and oxygen atoms in total. The fraction of sp³-hybridized carbons (Fsp3) is 0.231. The molecule has 0 aliphatic rings. The second kappa shape index (κ2) is 5.65. The van der Waals surface area contributed by atoms with Gasteiger partial charge in [-0.1, -0.05) is 28.1 Å². The van der Waals surface area contributed by atoms with Gasteiger partial charge in [0.05, 0.1) is 6.04 Å². The van der Waals surface area contributed by atoms with E-state index in [1.165, 1.54) is 21.2 Å². The van der Waals surface area contributed by atoms with Gasteiger partial charge < -0.3 is 5.32 Å². The van der Waals surface area contributed by atoms with Crippen LogP contribution in [0.5, 0.6) is 0 Å². The molecule has 1 atom stereocenters. The van der Waals surface area contributed by atoms with Gasteiger partial charge >= 0.3 is 0 Å². The summed E-state index contributed by atoms with van der Waals surface area (Å²) in [7, 11) is 1.99. The maximum Gasteiger partial charge on any atom is 0.0594 e. The third-order valence-electron chi connectivity index (χ3n) is 2.77. The summed E-state index contributed by atoms with van der Waals surface area (Å²) in [5.41, 5.74) is 3.81. The molecule has 2 aromatic rings. The Morgan fingerprint density at radius 3 is 2.47 bits per heavy atom. The molecule has 0 bridgehead atoms. The van der Waals surface area contributed by atoms with Gasteiger partial charge in [-0.25, -0.2) is 0 Å². The van der Waals surface area contributed by atoms with E-state index in [0.717, 1.165) is 4.47 Å². The van der Waals surface area contributed by atoms with Crippen LogP contribution >= 0.6 is 43.2 Å². The van der Waals surface area contributed by atoms with Crippen LogP contribution in [0.3, 0.4) is 0 Å². The second-order valence-corrected chi connectivity index (χ2v) is 6.36. The van der Waals surface area contributed by atoms with Gasteiger partial charge in [0.25, 0.3) is 0 Å². The number of rotatable bonds is 3. The second-order valence-electron chi connectivity index (χ2n) is 3.91. The highest BCUT2D eigenvalue weighted by Gasteiger charge is 2.16. The summed E-state index contributed by atoms with van der Waals surface area (Å²) in [4.78, 5) is 0. The third kappa shape index (κ3) is 2.81. The lowest BCUT2D eigenvalue weighted by molar-refractivity contribution is 0.691. The van der Waals surface area contributed by atoms with Gasteiger partial charge in [0, 0.05) is 14.3 Å². The van der Waals surface area contributed by atoms with E-state index in [9.17, 15) is 0 Å². The van der Waals surface area contributed by atoms with Crippen molar-refractivity contribution in [2.75, 3.05) is 7.05 Å². The summed E-state index contributed by atoms with van der Waals surface area (Å²) >= 11 is 8.90. The van der Waals surface area contributed by atoms with E-state index >= 15 is 0 Å². The van der Waals surface area contributed by atoms with Crippen LogP contribution in [0, 0.1) is 6.92 Å². The lowest BCUT2D eigenvalue weighted by atomic mass is 10.0. The average molecular weight is 375 g/mol. The monoisotopic (exact) mass is 373 g/mol. The van der Waals surface area contributed by atoms with E-state index < -0.39 is 0 Å². The summed E-state index contributed by atoms with van der Waals surface area (Å²) in [6, 6.07) is 6.73. The molecule has 0 aliphatic heterocycles. The lowest BCUT2D eigenvalue weighted by Gasteiger charge is -2.17. The highest BCUT2D eigenvalue weighted by Crippen LogP contribution is 2.32. The summed E-state index contributed by atoms with van der Waals surface area (Å²) < 4.78 is 2.32. The van der Waals surface area contributed by atoms with E-state index in [1.807, 2.05) is 7.05 Å². The molecule has 4 heteroatoms. The fourth-order valence-corrected chi connectivity index (χ4v) is 3.74. The lowest BCUT2D eigenvalue weighted by Crippen LogP contribution is -2.17. The van der Waals surface area contributed by atoms with Crippen LogP contribution in [-0.4, -0.2) is 7.05 Å². The number of aryl methyl sites for hydroxylation is 1. The minimum Gasteiger partial charge on any atom is -0.309 e. The van der Waals surface area contributed by atoms with Crippen molar-refractivity contribution < 1.29 is 0 Å². The van der Waals surface area contributed by atoms with Crippen LogP contribution < -0.4 is 5.32 Å². The van der Waals surface area contributed by atoms with Gasteiger partial charge in [-0.2, -0.15) is 11.3 Å². The first-order valence-corrected chi connectivity index (χ1v) is 7.81. The van der Waals surface area contributed by atoms with Crippen molar-refractivity contribution in [3.8, 4) is 0 Å². The zero-order chi connectivity index (χ0) is 12.4. The molecular weight excluding hydrogens is 362 g/mol. The van der Waals surface area contributed by atoms with E-state index in [0.29, 0.717) is 0 Å². The summed E-state index contributed by atoms with van der Waals surface area (Å²) in [5.74, 6) is 0. The molecule has 1 heterocycles. The van der Waals surface area contributed by atoms with E-state index in [1.54, 1.807) is 11.3 Å². The van der Waals surface area contributed by atoms with Gasteiger partial charge in [0.15, 0.2) is 0 Å². The zero-order valence-electron chi connectivity index (χ0n) is 9.63.